The van der Waals surface area contributed by atoms with Crippen molar-refractivity contribution in [2.75, 3.05) is 26.3 Å². The molecule has 1 aliphatic heterocycles. The van der Waals surface area contributed by atoms with Crippen LogP contribution >= 0.6 is 15.9 Å². The third-order valence-corrected chi connectivity index (χ3v) is 6.60. The molecule has 1 aromatic carbocycles. The summed E-state index contributed by atoms with van der Waals surface area (Å²) in [4.78, 5) is 12.7. The topological polar surface area (TPSA) is 75.7 Å². The average Bonchev–Trinajstić information content (AvgIpc) is 2.62. The molecule has 0 bridgehead atoms. The molecule has 1 atom stereocenters. The second-order valence-corrected chi connectivity index (χ2v) is 8.73. The minimum Gasteiger partial charge on any atom is -0.382 e. The fourth-order valence-corrected chi connectivity index (χ4v) is 4.77. The molecular formula is C17H25BrN2O4S. The van der Waals surface area contributed by atoms with Gasteiger partial charge < -0.3 is 10.1 Å². The summed E-state index contributed by atoms with van der Waals surface area (Å²) in [5, 5.41) is 2.84. The first kappa shape index (κ1) is 20.4. The number of carbonyl (C=O) groups excluding carboxylic acids is 1. The Morgan fingerprint density at radius 2 is 2.04 bits per heavy atom. The zero-order valence-electron chi connectivity index (χ0n) is 14.4. The Labute approximate surface area is 158 Å². The molecule has 0 aliphatic carbocycles. The lowest BCUT2D eigenvalue weighted by Crippen LogP contribution is -2.51. The maximum atomic E-state index is 12.9. The predicted octanol–water partition coefficient (Wildman–Crippen LogP) is 2.54. The number of hydrogen-bond acceptors (Lipinski definition) is 4. The van der Waals surface area contributed by atoms with Crippen molar-refractivity contribution in [3.05, 3.63) is 28.7 Å². The average molecular weight is 433 g/mol. The van der Waals surface area contributed by atoms with E-state index in [1.807, 2.05) is 6.92 Å². The smallest absolute Gasteiger partial charge is 0.243 e. The van der Waals surface area contributed by atoms with Gasteiger partial charge in [-0.05, 0) is 50.5 Å². The predicted molar refractivity (Wildman–Crippen MR) is 99.8 cm³/mol. The van der Waals surface area contributed by atoms with E-state index in [-0.39, 0.29) is 10.8 Å². The molecule has 1 amide bonds. The lowest BCUT2D eigenvalue weighted by molar-refractivity contribution is -0.125. The van der Waals surface area contributed by atoms with Crippen LogP contribution in [0.4, 0.5) is 0 Å². The standard InChI is InChI=1S/C17H25BrN2O4S/c1-2-24-13-5-11-19-17(21)16-6-3-4-12-20(16)25(22,23)15-9-7-14(18)8-10-15/h7-10,16H,2-6,11-13H2,1H3,(H,19,21)/t16-/m1/s1. The van der Waals surface area contributed by atoms with E-state index in [4.69, 9.17) is 4.74 Å². The van der Waals surface area contributed by atoms with Gasteiger partial charge >= 0.3 is 0 Å². The molecule has 0 unspecified atom stereocenters. The Balaban J connectivity index is 2.06. The monoisotopic (exact) mass is 432 g/mol. The van der Waals surface area contributed by atoms with Crippen LogP contribution in [-0.4, -0.2) is 51.0 Å². The van der Waals surface area contributed by atoms with Crippen LogP contribution in [0.5, 0.6) is 0 Å². The summed E-state index contributed by atoms with van der Waals surface area (Å²) < 4.78 is 33.3. The molecule has 140 valence electrons. The summed E-state index contributed by atoms with van der Waals surface area (Å²) in [6.07, 6.45) is 2.88. The number of rotatable bonds is 8. The van der Waals surface area contributed by atoms with Gasteiger partial charge in [-0.1, -0.05) is 22.4 Å². The van der Waals surface area contributed by atoms with Crippen molar-refractivity contribution < 1.29 is 17.9 Å². The normalized spacial score (nSPS) is 18.9. The van der Waals surface area contributed by atoms with Crippen molar-refractivity contribution in [2.45, 2.75) is 43.5 Å². The second-order valence-electron chi connectivity index (χ2n) is 5.92. The minimum absolute atomic E-state index is 0.215. The molecule has 0 radical (unpaired) electrons. The highest BCUT2D eigenvalue weighted by molar-refractivity contribution is 9.10. The first-order chi connectivity index (χ1) is 12.0. The molecule has 1 aliphatic rings. The van der Waals surface area contributed by atoms with Crippen LogP contribution in [0, 0.1) is 0 Å². The van der Waals surface area contributed by atoms with E-state index in [1.54, 1.807) is 24.3 Å². The van der Waals surface area contributed by atoms with E-state index in [9.17, 15) is 13.2 Å². The van der Waals surface area contributed by atoms with Crippen LogP contribution in [0.1, 0.15) is 32.6 Å². The Morgan fingerprint density at radius 3 is 2.72 bits per heavy atom. The Morgan fingerprint density at radius 1 is 1.32 bits per heavy atom. The SMILES string of the molecule is CCOCCCNC(=O)[C@H]1CCCCN1S(=O)(=O)c1ccc(Br)cc1. The molecule has 1 N–H and O–H groups in total. The summed E-state index contributed by atoms with van der Waals surface area (Å²) in [5.74, 6) is -0.225. The number of amides is 1. The molecule has 0 saturated carbocycles. The lowest BCUT2D eigenvalue weighted by Gasteiger charge is -2.33. The molecule has 1 fully saturated rings. The minimum atomic E-state index is -3.69. The molecule has 8 heteroatoms. The fraction of sp³-hybridized carbons (Fsp3) is 0.588. The zero-order chi connectivity index (χ0) is 18.3. The number of ether oxygens (including phenoxy) is 1. The summed E-state index contributed by atoms with van der Waals surface area (Å²) in [6.45, 7) is 4.01. The van der Waals surface area contributed by atoms with Gasteiger partial charge in [-0.25, -0.2) is 8.42 Å². The zero-order valence-corrected chi connectivity index (χ0v) is 16.8. The van der Waals surface area contributed by atoms with E-state index in [1.165, 1.54) is 4.31 Å². The lowest BCUT2D eigenvalue weighted by atomic mass is 10.0. The number of halogens is 1. The first-order valence-corrected chi connectivity index (χ1v) is 10.8. The summed E-state index contributed by atoms with van der Waals surface area (Å²) in [7, 11) is -3.69. The Bertz CT molecular complexity index is 664. The van der Waals surface area contributed by atoms with Gasteiger partial charge in [-0.2, -0.15) is 4.31 Å². The third-order valence-electron chi connectivity index (χ3n) is 4.15. The van der Waals surface area contributed by atoms with Crippen LogP contribution in [0.25, 0.3) is 0 Å². The van der Waals surface area contributed by atoms with E-state index < -0.39 is 16.1 Å². The van der Waals surface area contributed by atoms with Crippen molar-refractivity contribution in [3.8, 4) is 0 Å². The van der Waals surface area contributed by atoms with Crippen LogP contribution in [-0.2, 0) is 19.6 Å². The molecule has 6 nitrogen and oxygen atoms in total. The summed E-state index contributed by atoms with van der Waals surface area (Å²) >= 11 is 3.31. The van der Waals surface area contributed by atoms with Gasteiger partial charge in [0.15, 0.2) is 0 Å². The first-order valence-electron chi connectivity index (χ1n) is 8.59. The van der Waals surface area contributed by atoms with Gasteiger partial charge in [0, 0.05) is 30.8 Å². The van der Waals surface area contributed by atoms with Crippen molar-refractivity contribution in [1.29, 1.82) is 0 Å². The van der Waals surface area contributed by atoms with Crippen molar-refractivity contribution in [1.82, 2.24) is 9.62 Å². The van der Waals surface area contributed by atoms with Crippen LogP contribution in [0.15, 0.2) is 33.6 Å². The highest BCUT2D eigenvalue weighted by Gasteiger charge is 2.37. The van der Waals surface area contributed by atoms with Gasteiger partial charge in [0.1, 0.15) is 6.04 Å². The number of nitrogens with zero attached hydrogens (tertiary/aromatic N) is 1. The van der Waals surface area contributed by atoms with E-state index in [0.29, 0.717) is 39.1 Å². The van der Waals surface area contributed by atoms with Gasteiger partial charge in [0.05, 0.1) is 4.90 Å². The van der Waals surface area contributed by atoms with Gasteiger partial charge in [-0.3, -0.25) is 4.79 Å². The number of hydrogen-bond donors (Lipinski definition) is 1. The number of benzene rings is 1. The molecule has 25 heavy (non-hydrogen) atoms. The number of carbonyl (C=O) groups is 1. The molecule has 1 heterocycles. The quantitative estimate of drug-likeness (QED) is 0.640. The van der Waals surface area contributed by atoms with E-state index in [2.05, 4.69) is 21.2 Å². The van der Waals surface area contributed by atoms with E-state index in [0.717, 1.165) is 17.3 Å². The van der Waals surface area contributed by atoms with Crippen LogP contribution in [0.2, 0.25) is 0 Å². The molecular weight excluding hydrogens is 408 g/mol. The maximum absolute atomic E-state index is 12.9. The van der Waals surface area contributed by atoms with Crippen LogP contribution < -0.4 is 5.32 Å². The molecule has 2 rings (SSSR count). The highest BCUT2D eigenvalue weighted by atomic mass is 79.9. The number of sulfonamides is 1. The van der Waals surface area contributed by atoms with Gasteiger partial charge in [0.25, 0.3) is 0 Å². The molecule has 1 aromatic rings. The Hall–Kier alpha value is -0.960. The van der Waals surface area contributed by atoms with Crippen molar-refractivity contribution in [2.24, 2.45) is 0 Å². The highest BCUT2D eigenvalue weighted by Crippen LogP contribution is 2.26. The van der Waals surface area contributed by atoms with Gasteiger partial charge in [-0.15, -0.1) is 0 Å². The van der Waals surface area contributed by atoms with Crippen molar-refractivity contribution >= 4 is 31.9 Å². The fourth-order valence-electron chi connectivity index (χ4n) is 2.84. The summed E-state index contributed by atoms with van der Waals surface area (Å²) in [5.41, 5.74) is 0. The largest absolute Gasteiger partial charge is 0.382 e. The van der Waals surface area contributed by atoms with Gasteiger partial charge in [0.2, 0.25) is 15.9 Å². The summed E-state index contributed by atoms with van der Waals surface area (Å²) in [6, 6.07) is 5.87. The molecule has 0 spiro atoms. The van der Waals surface area contributed by atoms with Crippen LogP contribution in [0.3, 0.4) is 0 Å². The number of piperidine rings is 1. The van der Waals surface area contributed by atoms with Crippen molar-refractivity contribution in [3.63, 3.8) is 0 Å². The number of nitrogens with one attached hydrogen (secondary N) is 1. The third kappa shape index (κ3) is 5.51. The molecule has 0 aromatic heterocycles. The second kappa shape index (κ2) is 9.66. The molecule has 1 saturated heterocycles. The maximum Gasteiger partial charge on any atom is 0.243 e. The van der Waals surface area contributed by atoms with E-state index >= 15 is 0 Å². The Kier molecular flexibility index (Phi) is 7.86.